The van der Waals surface area contributed by atoms with E-state index in [1.807, 2.05) is 13.3 Å². The lowest BCUT2D eigenvalue weighted by Crippen LogP contribution is -2.47. The van der Waals surface area contributed by atoms with Crippen molar-refractivity contribution in [2.24, 2.45) is 16.3 Å². The van der Waals surface area contributed by atoms with Crippen LogP contribution in [0.3, 0.4) is 0 Å². The van der Waals surface area contributed by atoms with Crippen LogP contribution in [0.1, 0.15) is 71.6 Å². The molecule has 0 amide bonds. The molecule has 32 heavy (non-hydrogen) atoms. The number of likely N-dealkylation sites (tertiary alicyclic amines) is 1. The number of nitrogens with zero attached hydrogens (tertiary/aromatic N) is 2. The van der Waals surface area contributed by atoms with Gasteiger partial charge in [-0.2, -0.15) is 0 Å². The number of nitrogens with one attached hydrogen (secondary N) is 2. The lowest BCUT2D eigenvalue weighted by Gasteiger charge is -2.40. The van der Waals surface area contributed by atoms with Gasteiger partial charge in [0.2, 0.25) is 0 Å². The molecule has 0 radical (unpaired) electrons. The SMILES string of the molecule is C=C(NC(C)c1ccc(C2=C(C)N=CC2)cc1)C1CC(C)CN1C(=C)C(NC)C(C)(C)C. The molecule has 0 aliphatic carbocycles. The van der Waals surface area contributed by atoms with Crippen LogP contribution in [0.4, 0.5) is 0 Å². The Bertz CT molecular complexity index is 900. The van der Waals surface area contributed by atoms with E-state index in [4.69, 9.17) is 0 Å². The van der Waals surface area contributed by atoms with E-state index in [2.05, 4.69) is 99.5 Å². The van der Waals surface area contributed by atoms with Gasteiger partial charge in [-0.3, -0.25) is 4.99 Å². The van der Waals surface area contributed by atoms with E-state index in [9.17, 15) is 0 Å². The topological polar surface area (TPSA) is 39.7 Å². The van der Waals surface area contributed by atoms with Gasteiger partial charge in [0.05, 0.1) is 12.1 Å². The molecule has 0 saturated carbocycles. The molecule has 4 unspecified atom stereocenters. The van der Waals surface area contributed by atoms with Gasteiger partial charge in [0.1, 0.15) is 0 Å². The monoisotopic (exact) mass is 434 g/mol. The molecule has 2 aliphatic rings. The number of aliphatic imine (C=N–C) groups is 1. The van der Waals surface area contributed by atoms with E-state index >= 15 is 0 Å². The van der Waals surface area contributed by atoms with Gasteiger partial charge in [0, 0.05) is 42.3 Å². The average Bonchev–Trinajstić information content (AvgIpc) is 3.33. The minimum atomic E-state index is 0.101. The summed E-state index contributed by atoms with van der Waals surface area (Å²) in [6.45, 7) is 23.4. The van der Waals surface area contributed by atoms with E-state index in [0.717, 1.165) is 36.5 Å². The second kappa shape index (κ2) is 9.66. The maximum absolute atomic E-state index is 4.51. The molecule has 2 heterocycles. The van der Waals surface area contributed by atoms with Crippen molar-refractivity contribution in [1.82, 2.24) is 15.5 Å². The number of hydrogen-bond acceptors (Lipinski definition) is 4. The van der Waals surface area contributed by atoms with Gasteiger partial charge in [0.15, 0.2) is 0 Å². The molecule has 3 rings (SSSR count). The van der Waals surface area contributed by atoms with E-state index in [1.54, 1.807) is 0 Å². The van der Waals surface area contributed by atoms with Crippen LogP contribution in [-0.4, -0.2) is 36.8 Å². The van der Waals surface area contributed by atoms with Crippen LogP contribution in [0.25, 0.3) is 5.57 Å². The lowest BCUT2D eigenvalue weighted by atomic mass is 9.84. The first-order valence-corrected chi connectivity index (χ1v) is 11.9. The second-order valence-electron chi connectivity index (χ2n) is 10.7. The highest BCUT2D eigenvalue weighted by Gasteiger charge is 2.37. The maximum atomic E-state index is 4.51. The molecule has 0 bridgehead atoms. The minimum Gasteiger partial charge on any atom is -0.381 e. The van der Waals surface area contributed by atoms with Crippen LogP contribution in [-0.2, 0) is 0 Å². The Kier molecular flexibility index (Phi) is 7.34. The zero-order chi connectivity index (χ0) is 23.6. The molecule has 4 heteroatoms. The zero-order valence-corrected chi connectivity index (χ0v) is 21.1. The highest BCUT2D eigenvalue weighted by atomic mass is 15.2. The molecule has 174 valence electrons. The molecule has 1 aromatic carbocycles. The van der Waals surface area contributed by atoms with Crippen molar-refractivity contribution >= 4 is 11.8 Å². The second-order valence-corrected chi connectivity index (χ2v) is 10.7. The molecular weight excluding hydrogens is 392 g/mol. The maximum Gasteiger partial charge on any atom is 0.0683 e. The molecule has 2 N–H and O–H groups in total. The molecule has 1 saturated heterocycles. The van der Waals surface area contributed by atoms with Crippen molar-refractivity contribution in [2.75, 3.05) is 13.6 Å². The van der Waals surface area contributed by atoms with E-state index < -0.39 is 0 Å². The summed E-state index contributed by atoms with van der Waals surface area (Å²) in [5.74, 6) is 0.618. The van der Waals surface area contributed by atoms with Gasteiger partial charge in [-0.1, -0.05) is 65.1 Å². The van der Waals surface area contributed by atoms with E-state index in [0.29, 0.717) is 5.92 Å². The molecule has 1 fully saturated rings. The Labute approximate surface area is 195 Å². The normalized spacial score (nSPS) is 22.9. The first-order chi connectivity index (χ1) is 15.0. The van der Waals surface area contributed by atoms with E-state index in [-0.39, 0.29) is 23.5 Å². The number of rotatable bonds is 8. The molecular formula is C28H42N4. The Morgan fingerprint density at radius 3 is 2.38 bits per heavy atom. The Balaban J connectivity index is 1.69. The number of likely N-dealkylation sites (N-methyl/N-ethyl adjacent to an activating group) is 1. The van der Waals surface area contributed by atoms with Crippen molar-refractivity contribution in [3.8, 4) is 0 Å². The van der Waals surface area contributed by atoms with E-state index in [1.165, 1.54) is 16.7 Å². The Hall–Kier alpha value is -2.33. The summed E-state index contributed by atoms with van der Waals surface area (Å²) in [6, 6.07) is 9.58. The average molecular weight is 435 g/mol. The van der Waals surface area contributed by atoms with Crippen LogP contribution in [0, 0.1) is 11.3 Å². The largest absolute Gasteiger partial charge is 0.381 e. The van der Waals surface area contributed by atoms with Crippen molar-refractivity contribution in [2.45, 2.75) is 72.5 Å². The fraction of sp³-hybridized carbons (Fsp3) is 0.536. The molecule has 4 nitrogen and oxygen atoms in total. The summed E-state index contributed by atoms with van der Waals surface area (Å²) < 4.78 is 0. The summed E-state index contributed by atoms with van der Waals surface area (Å²) in [5.41, 5.74) is 7.34. The molecule has 2 aliphatic heterocycles. The van der Waals surface area contributed by atoms with Gasteiger partial charge < -0.3 is 15.5 Å². The first-order valence-electron chi connectivity index (χ1n) is 11.9. The van der Waals surface area contributed by atoms with Gasteiger partial charge >= 0.3 is 0 Å². The summed E-state index contributed by atoms with van der Waals surface area (Å²) in [4.78, 5) is 6.88. The highest BCUT2D eigenvalue weighted by Crippen LogP contribution is 2.35. The van der Waals surface area contributed by atoms with Crippen LogP contribution in [0.2, 0.25) is 0 Å². The van der Waals surface area contributed by atoms with Gasteiger partial charge in [-0.15, -0.1) is 0 Å². The number of hydrogen-bond donors (Lipinski definition) is 2. The molecule has 0 spiro atoms. The number of benzene rings is 1. The predicted octanol–water partition coefficient (Wildman–Crippen LogP) is 5.91. The van der Waals surface area contributed by atoms with Crippen molar-refractivity contribution in [3.05, 3.63) is 65.6 Å². The zero-order valence-electron chi connectivity index (χ0n) is 21.1. The molecule has 4 atom stereocenters. The van der Waals surface area contributed by atoms with Gasteiger partial charge in [0.25, 0.3) is 0 Å². The summed E-state index contributed by atoms with van der Waals surface area (Å²) >= 11 is 0. The standard InChI is InChI=1S/C28H42N4/c1-18-16-26(32(17-18)22(5)27(29-9)28(6,7)8)21(4)31-19(2)23-10-12-24(13-11-23)25-14-15-30-20(25)3/h10-13,15,18-19,26-27,29,31H,4-5,14,16-17H2,1-3,6-9H3. The Morgan fingerprint density at radius 1 is 1.19 bits per heavy atom. The third-order valence-corrected chi connectivity index (χ3v) is 6.95. The number of allylic oxidation sites excluding steroid dienone is 2. The molecule has 1 aromatic rings. The Morgan fingerprint density at radius 2 is 1.84 bits per heavy atom. The van der Waals surface area contributed by atoms with Crippen LogP contribution < -0.4 is 10.6 Å². The van der Waals surface area contributed by atoms with Crippen LogP contribution in [0.15, 0.2) is 59.5 Å². The smallest absolute Gasteiger partial charge is 0.0683 e. The van der Waals surface area contributed by atoms with Gasteiger partial charge in [-0.25, -0.2) is 0 Å². The fourth-order valence-corrected chi connectivity index (χ4v) is 5.22. The van der Waals surface area contributed by atoms with Crippen LogP contribution >= 0.6 is 0 Å². The summed E-state index contributed by atoms with van der Waals surface area (Å²) in [6.07, 6.45) is 4.02. The highest BCUT2D eigenvalue weighted by molar-refractivity contribution is 5.86. The quantitative estimate of drug-likeness (QED) is 0.534. The van der Waals surface area contributed by atoms with Crippen molar-refractivity contribution < 1.29 is 0 Å². The summed E-state index contributed by atoms with van der Waals surface area (Å²) in [5, 5.41) is 7.19. The van der Waals surface area contributed by atoms with Crippen molar-refractivity contribution in [3.63, 3.8) is 0 Å². The minimum absolute atomic E-state index is 0.101. The first kappa shape index (κ1) is 24.3. The predicted molar refractivity (Wildman–Crippen MR) is 139 cm³/mol. The fourth-order valence-electron chi connectivity index (χ4n) is 5.22. The van der Waals surface area contributed by atoms with Crippen molar-refractivity contribution in [1.29, 1.82) is 0 Å². The third-order valence-electron chi connectivity index (χ3n) is 6.95. The lowest BCUT2D eigenvalue weighted by molar-refractivity contribution is 0.233. The summed E-state index contributed by atoms with van der Waals surface area (Å²) in [7, 11) is 2.03. The molecule has 0 aromatic heterocycles. The van der Waals surface area contributed by atoms with Crippen LogP contribution in [0.5, 0.6) is 0 Å². The third kappa shape index (κ3) is 5.17. The van der Waals surface area contributed by atoms with Gasteiger partial charge in [-0.05, 0) is 55.3 Å².